The molecule has 0 aromatic heterocycles. The van der Waals surface area contributed by atoms with Gasteiger partial charge in [-0.2, -0.15) is 0 Å². The average Bonchev–Trinajstić information content (AvgIpc) is 1.59. The van der Waals surface area contributed by atoms with Crippen LogP contribution < -0.4 is 5.32 Å². The van der Waals surface area contributed by atoms with Crippen LogP contribution in [-0.2, 0) is 4.79 Å². The zero-order valence-corrected chi connectivity index (χ0v) is 5.14. The third kappa shape index (κ3) is 5.43. The Morgan fingerprint density at radius 3 is 2.38 bits per heavy atom. The average molecular weight is 117 g/mol. The number of amides is 1. The van der Waals surface area contributed by atoms with E-state index >= 15 is 0 Å². The van der Waals surface area contributed by atoms with Gasteiger partial charge in [-0.25, -0.2) is 0 Å². The number of rotatable bonds is 3. The summed E-state index contributed by atoms with van der Waals surface area (Å²) in [6.45, 7) is 3.56. The summed E-state index contributed by atoms with van der Waals surface area (Å²) in [6.07, 6.45) is 0.567. The molecule has 3 nitrogen and oxygen atoms in total. The van der Waals surface area contributed by atoms with Crippen LogP contribution in [0.1, 0.15) is 13.8 Å². The van der Waals surface area contributed by atoms with Gasteiger partial charge in [-0.05, 0) is 13.8 Å². The lowest BCUT2D eigenvalue weighted by Crippen LogP contribution is -2.33. The largest absolute Gasteiger partial charge is 0.389 e. The zero-order chi connectivity index (χ0) is 6.62. The SMILES string of the molecule is CC(C)(O)CNC=O. The van der Waals surface area contributed by atoms with Gasteiger partial charge in [0.2, 0.25) is 6.41 Å². The van der Waals surface area contributed by atoms with Crippen molar-refractivity contribution in [3.05, 3.63) is 0 Å². The van der Waals surface area contributed by atoms with Gasteiger partial charge in [0, 0.05) is 6.54 Å². The van der Waals surface area contributed by atoms with Gasteiger partial charge in [0.1, 0.15) is 0 Å². The highest BCUT2D eigenvalue weighted by Crippen LogP contribution is 1.95. The predicted octanol–water partition coefficient (Wildman–Crippen LogP) is -0.497. The molecule has 0 spiro atoms. The number of nitrogens with one attached hydrogen (secondary N) is 1. The van der Waals surface area contributed by atoms with Crippen LogP contribution >= 0.6 is 0 Å². The molecule has 0 aromatic carbocycles. The third-order valence-electron chi connectivity index (χ3n) is 0.618. The fraction of sp³-hybridized carbons (Fsp3) is 0.800. The molecule has 3 heteroatoms. The van der Waals surface area contributed by atoms with Crippen LogP contribution in [0.2, 0.25) is 0 Å². The molecule has 2 N–H and O–H groups in total. The van der Waals surface area contributed by atoms with E-state index in [1.165, 1.54) is 0 Å². The first-order chi connectivity index (χ1) is 3.56. The first-order valence-electron chi connectivity index (χ1n) is 2.46. The highest BCUT2D eigenvalue weighted by molar-refractivity contribution is 5.45. The van der Waals surface area contributed by atoms with E-state index in [1.807, 2.05) is 0 Å². The molecule has 0 saturated heterocycles. The number of hydrogen-bond donors (Lipinski definition) is 2. The number of carbonyl (C=O) groups is 1. The van der Waals surface area contributed by atoms with Crippen molar-refractivity contribution in [3.8, 4) is 0 Å². The van der Waals surface area contributed by atoms with E-state index in [4.69, 9.17) is 5.11 Å². The highest BCUT2D eigenvalue weighted by atomic mass is 16.3. The summed E-state index contributed by atoms with van der Waals surface area (Å²) in [5, 5.41) is 11.3. The van der Waals surface area contributed by atoms with E-state index in [1.54, 1.807) is 13.8 Å². The van der Waals surface area contributed by atoms with Gasteiger partial charge in [0.15, 0.2) is 0 Å². The second kappa shape index (κ2) is 2.67. The maximum absolute atomic E-state index is 9.63. The molecular formula is C5H11NO2. The lowest BCUT2D eigenvalue weighted by molar-refractivity contribution is -0.110. The minimum Gasteiger partial charge on any atom is -0.389 e. The van der Waals surface area contributed by atoms with Crippen molar-refractivity contribution in [2.24, 2.45) is 0 Å². The Morgan fingerprint density at radius 2 is 2.25 bits per heavy atom. The van der Waals surface area contributed by atoms with E-state index in [9.17, 15) is 4.79 Å². The van der Waals surface area contributed by atoms with E-state index < -0.39 is 5.60 Å². The molecule has 0 heterocycles. The summed E-state index contributed by atoms with van der Waals surface area (Å²) in [5.41, 5.74) is -0.791. The third-order valence-corrected chi connectivity index (χ3v) is 0.618. The van der Waals surface area contributed by atoms with Crippen LogP contribution in [0.4, 0.5) is 0 Å². The minimum absolute atomic E-state index is 0.302. The molecule has 0 aliphatic heterocycles. The second-order valence-corrected chi connectivity index (χ2v) is 2.31. The highest BCUT2D eigenvalue weighted by Gasteiger charge is 2.09. The van der Waals surface area contributed by atoms with Crippen LogP contribution in [0.3, 0.4) is 0 Å². The molecule has 1 amide bonds. The van der Waals surface area contributed by atoms with Gasteiger partial charge in [-0.3, -0.25) is 4.79 Å². The Morgan fingerprint density at radius 1 is 1.75 bits per heavy atom. The maximum Gasteiger partial charge on any atom is 0.207 e. The van der Waals surface area contributed by atoms with Crippen molar-refractivity contribution < 1.29 is 9.90 Å². The predicted molar refractivity (Wildman–Crippen MR) is 30.4 cm³/mol. The lowest BCUT2D eigenvalue weighted by Gasteiger charge is -2.14. The van der Waals surface area contributed by atoms with Crippen molar-refractivity contribution in [2.75, 3.05) is 6.54 Å². The van der Waals surface area contributed by atoms with Crippen LogP contribution in [-0.4, -0.2) is 23.7 Å². The normalized spacial score (nSPS) is 10.9. The topological polar surface area (TPSA) is 49.3 Å². The van der Waals surface area contributed by atoms with Crippen LogP contribution in [0.5, 0.6) is 0 Å². The Labute approximate surface area is 48.7 Å². The fourth-order valence-corrected chi connectivity index (χ4v) is 0.291. The molecule has 0 unspecified atom stereocenters. The molecule has 0 radical (unpaired) electrons. The van der Waals surface area contributed by atoms with Crippen LogP contribution in [0.25, 0.3) is 0 Å². The molecule has 0 aromatic rings. The van der Waals surface area contributed by atoms with Gasteiger partial charge in [-0.1, -0.05) is 0 Å². The standard InChI is InChI=1S/C5H11NO2/c1-5(2,8)3-6-4-7/h4,8H,3H2,1-2H3,(H,6,7). The Kier molecular flexibility index (Phi) is 2.48. The van der Waals surface area contributed by atoms with Gasteiger partial charge >= 0.3 is 0 Å². The Hall–Kier alpha value is -0.570. The van der Waals surface area contributed by atoms with Crippen molar-refractivity contribution in [2.45, 2.75) is 19.4 Å². The number of aliphatic hydroxyl groups is 1. The van der Waals surface area contributed by atoms with E-state index in [2.05, 4.69) is 5.32 Å². The number of carbonyl (C=O) groups excluding carboxylic acids is 1. The minimum atomic E-state index is -0.791. The van der Waals surface area contributed by atoms with E-state index in [-0.39, 0.29) is 0 Å². The lowest BCUT2D eigenvalue weighted by atomic mass is 10.1. The zero-order valence-electron chi connectivity index (χ0n) is 5.14. The molecule has 0 atom stereocenters. The first-order valence-corrected chi connectivity index (χ1v) is 2.46. The molecule has 0 saturated carbocycles. The summed E-state index contributed by atoms with van der Waals surface area (Å²) in [5.74, 6) is 0. The maximum atomic E-state index is 9.63. The van der Waals surface area contributed by atoms with Gasteiger partial charge in [0.05, 0.1) is 5.60 Å². The first kappa shape index (κ1) is 7.43. The Bertz CT molecular complexity index is 75.0. The van der Waals surface area contributed by atoms with Gasteiger partial charge in [-0.15, -0.1) is 0 Å². The summed E-state index contributed by atoms with van der Waals surface area (Å²) >= 11 is 0. The van der Waals surface area contributed by atoms with Crippen molar-refractivity contribution >= 4 is 6.41 Å². The molecule has 0 rings (SSSR count). The van der Waals surface area contributed by atoms with Crippen molar-refractivity contribution in [1.82, 2.24) is 5.32 Å². The second-order valence-electron chi connectivity index (χ2n) is 2.31. The molecule has 0 aliphatic rings. The molecule has 8 heavy (non-hydrogen) atoms. The fourth-order valence-electron chi connectivity index (χ4n) is 0.291. The smallest absolute Gasteiger partial charge is 0.207 e. The molecular weight excluding hydrogens is 106 g/mol. The van der Waals surface area contributed by atoms with Crippen molar-refractivity contribution in [3.63, 3.8) is 0 Å². The summed E-state index contributed by atoms with van der Waals surface area (Å²) < 4.78 is 0. The monoisotopic (exact) mass is 117 g/mol. The summed E-state index contributed by atoms with van der Waals surface area (Å²) in [4.78, 5) is 9.63. The Balaban J connectivity index is 3.24. The van der Waals surface area contributed by atoms with Gasteiger partial charge in [0.25, 0.3) is 0 Å². The summed E-state index contributed by atoms with van der Waals surface area (Å²) in [7, 11) is 0. The molecule has 0 bridgehead atoms. The van der Waals surface area contributed by atoms with Gasteiger partial charge < -0.3 is 10.4 Å². The molecule has 0 fully saturated rings. The molecule has 48 valence electrons. The number of hydrogen-bond acceptors (Lipinski definition) is 2. The summed E-state index contributed by atoms with van der Waals surface area (Å²) in [6, 6.07) is 0. The van der Waals surface area contributed by atoms with Crippen LogP contribution in [0.15, 0.2) is 0 Å². The van der Waals surface area contributed by atoms with Crippen LogP contribution in [0, 0.1) is 0 Å². The van der Waals surface area contributed by atoms with E-state index in [0.717, 1.165) is 0 Å². The quantitative estimate of drug-likeness (QED) is 0.490. The van der Waals surface area contributed by atoms with E-state index in [0.29, 0.717) is 13.0 Å². The van der Waals surface area contributed by atoms with Crippen molar-refractivity contribution in [1.29, 1.82) is 0 Å². The molecule has 0 aliphatic carbocycles.